The van der Waals surface area contributed by atoms with Crippen molar-refractivity contribution in [3.8, 4) is 0 Å². The average Bonchev–Trinajstić information content (AvgIpc) is 2.20. The summed E-state index contributed by atoms with van der Waals surface area (Å²) in [7, 11) is 2.01. The van der Waals surface area contributed by atoms with Crippen LogP contribution in [0.25, 0.3) is 0 Å². The molecule has 0 amide bonds. The maximum absolute atomic E-state index is 6.00. The summed E-state index contributed by atoms with van der Waals surface area (Å²) in [6, 6.07) is 3.45. The van der Waals surface area contributed by atoms with E-state index in [4.69, 9.17) is 28.9 Å². The van der Waals surface area contributed by atoms with Gasteiger partial charge in [0, 0.05) is 6.54 Å². The second-order valence-corrected chi connectivity index (χ2v) is 4.24. The summed E-state index contributed by atoms with van der Waals surface area (Å²) in [5, 5.41) is 1.13. The van der Waals surface area contributed by atoms with Gasteiger partial charge in [0.1, 0.15) is 5.15 Å². The van der Waals surface area contributed by atoms with Crippen LogP contribution in [0.3, 0.4) is 0 Å². The van der Waals surface area contributed by atoms with Gasteiger partial charge in [-0.05, 0) is 38.7 Å². The first-order chi connectivity index (χ1) is 7.13. The van der Waals surface area contributed by atoms with E-state index in [2.05, 4.69) is 9.88 Å². The number of nitrogens with two attached hydrogens (primary N) is 1. The second-order valence-electron chi connectivity index (χ2n) is 3.44. The zero-order valence-corrected chi connectivity index (χ0v) is 10.2. The Labute approximate surface area is 100 Å². The zero-order chi connectivity index (χ0) is 11.3. The molecule has 0 aliphatic carbocycles. The molecule has 1 aromatic rings. The van der Waals surface area contributed by atoms with Crippen molar-refractivity contribution < 1.29 is 0 Å². The van der Waals surface area contributed by atoms with Crippen LogP contribution in [-0.2, 0) is 6.54 Å². The van der Waals surface area contributed by atoms with Crippen LogP contribution in [0.4, 0.5) is 0 Å². The van der Waals surface area contributed by atoms with Gasteiger partial charge >= 0.3 is 0 Å². The topological polar surface area (TPSA) is 42.1 Å². The van der Waals surface area contributed by atoms with Crippen molar-refractivity contribution in [2.45, 2.75) is 13.0 Å². The van der Waals surface area contributed by atoms with E-state index in [0.717, 1.165) is 18.7 Å². The van der Waals surface area contributed by atoms with Crippen molar-refractivity contribution in [1.29, 1.82) is 0 Å². The van der Waals surface area contributed by atoms with E-state index in [1.54, 1.807) is 12.1 Å². The number of hydrogen-bond donors (Lipinski definition) is 1. The Bertz CT molecular complexity index is 318. The number of nitrogens with zero attached hydrogens (tertiary/aromatic N) is 2. The fourth-order valence-electron chi connectivity index (χ4n) is 1.26. The van der Waals surface area contributed by atoms with E-state index in [1.807, 2.05) is 7.05 Å². The molecular formula is C10H15Cl2N3. The fourth-order valence-corrected chi connectivity index (χ4v) is 1.59. The predicted octanol–water partition coefficient (Wildman–Crippen LogP) is 2.17. The lowest BCUT2D eigenvalue weighted by Crippen LogP contribution is -2.22. The Kier molecular flexibility index (Phi) is 5.32. The highest BCUT2D eigenvalue weighted by Crippen LogP contribution is 2.17. The number of halogens is 2. The molecule has 1 rings (SSSR count). The van der Waals surface area contributed by atoms with E-state index in [0.29, 0.717) is 23.3 Å². The van der Waals surface area contributed by atoms with Crippen LogP contribution in [0.15, 0.2) is 12.1 Å². The van der Waals surface area contributed by atoms with E-state index in [-0.39, 0.29) is 0 Å². The summed E-state index contributed by atoms with van der Waals surface area (Å²) in [4.78, 5) is 6.30. The first-order valence-electron chi connectivity index (χ1n) is 4.83. The Morgan fingerprint density at radius 2 is 2.13 bits per heavy atom. The van der Waals surface area contributed by atoms with Crippen molar-refractivity contribution in [1.82, 2.24) is 9.88 Å². The summed E-state index contributed by atoms with van der Waals surface area (Å²) in [6.07, 6.45) is 0.967. The molecule has 0 aliphatic heterocycles. The smallest absolute Gasteiger partial charge is 0.129 e. The third-order valence-corrected chi connectivity index (χ3v) is 2.60. The molecule has 0 fully saturated rings. The van der Waals surface area contributed by atoms with Gasteiger partial charge in [-0.2, -0.15) is 0 Å². The minimum atomic E-state index is 0.474. The molecule has 0 atom stereocenters. The molecule has 5 heteroatoms. The molecule has 0 saturated carbocycles. The van der Waals surface area contributed by atoms with Crippen molar-refractivity contribution in [2.24, 2.45) is 5.73 Å². The molecule has 0 unspecified atom stereocenters. The van der Waals surface area contributed by atoms with Crippen LogP contribution in [0.2, 0.25) is 10.2 Å². The molecule has 0 spiro atoms. The largest absolute Gasteiger partial charge is 0.330 e. The molecule has 0 bridgehead atoms. The first-order valence-corrected chi connectivity index (χ1v) is 5.58. The fraction of sp³-hybridized carbons (Fsp3) is 0.500. The summed E-state index contributed by atoms with van der Waals surface area (Å²) < 4.78 is 0. The molecule has 1 aromatic heterocycles. The normalized spacial score (nSPS) is 11.0. The van der Waals surface area contributed by atoms with Gasteiger partial charge in [0.2, 0.25) is 0 Å². The van der Waals surface area contributed by atoms with E-state index < -0.39 is 0 Å². The minimum absolute atomic E-state index is 0.474. The van der Waals surface area contributed by atoms with E-state index >= 15 is 0 Å². The van der Waals surface area contributed by atoms with Gasteiger partial charge in [0.25, 0.3) is 0 Å². The SMILES string of the molecule is CN(CCCN)Cc1nc(Cl)ccc1Cl. The molecule has 0 aromatic carbocycles. The van der Waals surface area contributed by atoms with Gasteiger partial charge in [0.15, 0.2) is 0 Å². The van der Waals surface area contributed by atoms with Crippen molar-refractivity contribution in [2.75, 3.05) is 20.1 Å². The molecule has 2 N–H and O–H groups in total. The van der Waals surface area contributed by atoms with Crippen molar-refractivity contribution in [3.63, 3.8) is 0 Å². The van der Waals surface area contributed by atoms with Crippen LogP contribution in [0.1, 0.15) is 12.1 Å². The van der Waals surface area contributed by atoms with Gasteiger partial charge < -0.3 is 10.6 Å². The Hall–Kier alpha value is -0.350. The van der Waals surface area contributed by atoms with E-state index in [9.17, 15) is 0 Å². The van der Waals surface area contributed by atoms with Crippen LogP contribution in [0.5, 0.6) is 0 Å². The predicted molar refractivity (Wildman–Crippen MR) is 64.3 cm³/mol. The van der Waals surface area contributed by atoms with Crippen LogP contribution >= 0.6 is 23.2 Å². The minimum Gasteiger partial charge on any atom is -0.330 e. The standard InChI is InChI=1S/C10H15Cl2N3/c1-15(6-2-5-13)7-9-8(11)3-4-10(12)14-9/h3-4H,2,5-7,13H2,1H3. The summed E-state index contributed by atoms with van der Waals surface area (Å²) >= 11 is 11.8. The molecular weight excluding hydrogens is 233 g/mol. The van der Waals surface area contributed by atoms with Crippen molar-refractivity contribution in [3.05, 3.63) is 28.0 Å². The number of hydrogen-bond acceptors (Lipinski definition) is 3. The van der Waals surface area contributed by atoms with Gasteiger partial charge in [-0.25, -0.2) is 4.98 Å². The summed E-state index contributed by atoms with van der Waals surface area (Å²) in [5.41, 5.74) is 6.24. The monoisotopic (exact) mass is 247 g/mol. The molecule has 0 radical (unpaired) electrons. The number of pyridine rings is 1. The Balaban J connectivity index is 2.59. The number of aromatic nitrogens is 1. The highest BCUT2D eigenvalue weighted by atomic mass is 35.5. The molecule has 0 aliphatic rings. The molecule has 15 heavy (non-hydrogen) atoms. The molecule has 84 valence electrons. The highest BCUT2D eigenvalue weighted by Gasteiger charge is 2.06. The molecule has 3 nitrogen and oxygen atoms in total. The Morgan fingerprint density at radius 1 is 1.40 bits per heavy atom. The number of rotatable bonds is 5. The Morgan fingerprint density at radius 3 is 2.80 bits per heavy atom. The lowest BCUT2D eigenvalue weighted by atomic mass is 10.3. The third-order valence-electron chi connectivity index (χ3n) is 2.05. The maximum Gasteiger partial charge on any atom is 0.129 e. The first kappa shape index (κ1) is 12.7. The van der Waals surface area contributed by atoms with Crippen LogP contribution in [-0.4, -0.2) is 30.0 Å². The lowest BCUT2D eigenvalue weighted by molar-refractivity contribution is 0.320. The van der Waals surface area contributed by atoms with Gasteiger partial charge in [0.05, 0.1) is 10.7 Å². The molecule has 1 heterocycles. The third kappa shape index (κ3) is 4.34. The zero-order valence-electron chi connectivity index (χ0n) is 8.71. The maximum atomic E-state index is 6.00. The second kappa shape index (κ2) is 6.28. The van der Waals surface area contributed by atoms with E-state index in [1.165, 1.54) is 0 Å². The van der Waals surface area contributed by atoms with Gasteiger partial charge in [-0.3, -0.25) is 0 Å². The summed E-state index contributed by atoms with van der Waals surface area (Å²) in [5.74, 6) is 0. The summed E-state index contributed by atoms with van der Waals surface area (Å²) in [6.45, 7) is 2.32. The van der Waals surface area contributed by atoms with Crippen LogP contribution < -0.4 is 5.73 Å². The van der Waals surface area contributed by atoms with Gasteiger partial charge in [-0.15, -0.1) is 0 Å². The van der Waals surface area contributed by atoms with Gasteiger partial charge in [-0.1, -0.05) is 23.2 Å². The molecule has 0 saturated heterocycles. The quantitative estimate of drug-likeness (QED) is 0.812. The average molecular weight is 248 g/mol. The lowest BCUT2D eigenvalue weighted by Gasteiger charge is -2.16. The van der Waals surface area contributed by atoms with Crippen molar-refractivity contribution >= 4 is 23.2 Å². The van der Waals surface area contributed by atoms with Crippen LogP contribution in [0, 0.1) is 0 Å². The highest BCUT2D eigenvalue weighted by molar-refractivity contribution is 6.32.